The van der Waals surface area contributed by atoms with Gasteiger partial charge in [0.25, 0.3) is 0 Å². The zero-order chi connectivity index (χ0) is 17.2. The second-order valence-corrected chi connectivity index (χ2v) is 5.93. The smallest absolute Gasteiger partial charge is 0.212 e. The fourth-order valence-electron chi connectivity index (χ4n) is 2.65. The summed E-state index contributed by atoms with van der Waals surface area (Å²) in [4.78, 5) is 21.2. The van der Waals surface area contributed by atoms with Crippen LogP contribution in [-0.2, 0) is 0 Å². The van der Waals surface area contributed by atoms with Crippen LogP contribution in [0.25, 0.3) is 0 Å². The number of ether oxygens (including phenoxy) is 1. The van der Waals surface area contributed by atoms with Crippen LogP contribution >= 0.6 is 11.6 Å². The number of Topliss-reactive ketones (excluding diaryl/α,β-unsaturated/α-hetero) is 1. The van der Waals surface area contributed by atoms with Crippen LogP contribution in [0, 0.1) is 0 Å². The van der Waals surface area contributed by atoms with Gasteiger partial charge in [0.1, 0.15) is 17.2 Å². The van der Waals surface area contributed by atoms with E-state index in [9.17, 15) is 4.79 Å². The number of allylic oxidation sites excluding steroid dienone is 2. The molecule has 2 heterocycles. The molecule has 25 heavy (non-hydrogen) atoms. The van der Waals surface area contributed by atoms with Crippen LogP contribution in [0.3, 0.4) is 0 Å². The van der Waals surface area contributed by atoms with E-state index in [4.69, 9.17) is 16.3 Å². The zero-order valence-corrected chi connectivity index (χ0v) is 13.9. The lowest BCUT2D eigenvalue weighted by molar-refractivity contribution is 0.106. The minimum Gasteiger partial charge on any atom is -0.457 e. The summed E-state index contributed by atoms with van der Waals surface area (Å²) in [5.74, 6) is 1.19. The number of hydrogen-bond donors (Lipinski definition) is 0. The summed E-state index contributed by atoms with van der Waals surface area (Å²) in [5, 5.41) is 0.355. The molecule has 4 nitrogen and oxygen atoms in total. The van der Waals surface area contributed by atoms with Crippen molar-refractivity contribution in [3.63, 3.8) is 0 Å². The Hall–Kier alpha value is -2.98. The quantitative estimate of drug-likeness (QED) is 0.759. The summed E-state index contributed by atoms with van der Waals surface area (Å²) < 4.78 is 5.73. The lowest BCUT2D eigenvalue weighted by atomic mass is 10.00. The van der Waals surface area contributed by atoms with E-state index in [0.717, 1.165) is 17.0 Å². The predicted molar refractivity (Wildman–Crippen MR) is 99.0 cm³/mol. The van der Waals surface area contributed by atoms with Crippen molar-refractivity contribution in [1.29, 1.82) is 0 Å². The molecule has 0 bridgehead atoms. The Morgan fingerprint density at radius 3 is 2.48 bits per heavy atom. The topological polar surface area (TPSA) is 51.0 Å². The number of halogens is 1. The van der Waals surface area contributed by atoms with Gasteiger partial charge in [-0.05, 0) is 42.5 Å². The molecule has 0 N–H and O–H groups in total. The standard InChI is InChI=1S/C20H13ClN2O2/c21-18-16-10-11-22-17(16)12-23-19(18)20(24)13-6-8-15(9-7-13)25-14-4-2-1-3-5-14/h1-11H,12H2. The maximum Gasteiger partial charge on any atom is 0.212 e. The number of hydrogen-bond acceptors (Lipinski definition) is 4. The summed E-state index contributed by atoms with van der Waals surface area (Å²) in [5.41, 5.74) is 2.37. The van der Waals surface area contributed by atoms with Crippen molar-refractivity contribution in [2.45, 2.75) is 0 Å². The van der Waals surface area contributed by atoms with Crippen molar-refractivity contribution < 1.29 is 9.53 Å². The number of carbonyl (C=O) groups excluding carboxylic acids is 1. The van der Waals surface area contributed by atoms with Crippen molar-refractivity contribution >= 4 is 28.8 Å². The molecule has 0 saturated carbocycles. The highest BCUT2D eigenvalue weighted by atomic mass is 35.5. The van der Waals surface area contributed by atoms with Crippen molar-refractivity contribution in [2.75, 3.05) is 6.54 Å². The Kier molecular flexibility index (Phi) is 4.04. The van der Waals surface area contributed by atoms with Gasteiger partial charge in [0.2, 0.25) is 5.78 Å². The molecule has 0 fully saturated rings. The molecule has 0 aromatic heterocycles. The van der Waals surface area contributed by atoms with Gasteiger partial charge in [0.05, 0.1) is 17.3 Å². The third-order valence-electron chi connectivity index (χ3n) is 3.92. The van der Waals surface area contributed by atoms with Crippen LogP contribution in [0.4, 0.5) is 0 Å². The van der Waals surface area contributed by atoms with Crippen LogP contribution in [0.15, 0.2) is 87.5 Å². The van der Waals surface area contributed by atoms with Gasteiger partial charge in [-0.25, -0.2) is 0 Å². The second kappa shape index (κ2) is 6.49. The van der Waals surface area contributed by atoms with Gasteiger partial charge in [-0.2, -0.15) is 0 Å². The molecule has 5 heteroatoms. The number of aliphatic imine (C=N–C) groups is 2. The van der Waals surface area contributed by atoms with Gasteiger partial charge in [0.15, 0.2) is 0 Å². The van der Waals surface area contributed by atoms with E-state index in [1.807, 2.05) is 30.3 Å². The van der Waals surface area contributed by atoms with E-state index in [1.165, 1.54) is 0 Å². The molecule has 0 amide bonds. The molecule has 0 aliphatic carbocycles. The molecular formula is C20H13ClN2O2. The Labute approximate surface area is 149 Å². The van der Waals surface area contributed by atoms with Gasteiger partial charge in [0, 0.05) is 17.3 Å². The molecule has 2 aromatic carbocycles. The van der Waals surface area contributed by atoms with Crippen LogP contribution in [0.5, 0.6) is 11.5 Å². The number of nitrogens with zero attached hydrogens (tertiary/aromatic N) is 2. The predicted octanol–water partition coefficient (Wildman–Crippen LogP) is 4.58. The normalized spacial score (nSPS) is 15.6. The molecule has 0 radical (unpaired) electrons. The SMILES string of the molecule is O=C(C1=NCC2=NC=CC2=C1Cl)c1ccc(Oc2ccccc2)cc1. The summed E-state index contributed by atoms with van der Waals surface area (Å²) in [6, 6.07) is 16.4. The monoisotopic (exact) mass is 348 g/mol. The van der Waals surface area contributed by atoms with Gasteiger partial charge in [-0.3, -0.25) is 14.8 Å². The molecule has 2 aliphatic rings. The lowest BCUT2D eigenvalue weighted by Crippen LogP contribution is -2.23. The largest absolute Gasteiger partial charge is 0.457 e. The number of carbonyl (C=O) groups is 1. The van der Waals surface area contributed by atoms with E-state index in [-0.39, 0.29) is 11.5 Å². The molecule has 0 saturated heterocycles. The Balaban J connectivity index is 1.54. The number of benzene rings is 2. The second-order valence-electron chi connectivity index (χ2n) is 5.55. The Bertz CT molecular complexity index is 955. The summed E-state index contributed by atoms with van der Waals surface area (Å²) in [6.07, 6.45) is 3.47. The first-order valence-corrected chi connectivity index (χ1v) is 8.16. The first kappa shape index (κ1) is 15.5. The van der Waals surface area contributed by atoms with Crippen molar-refractivity contribution in [3.8, 4) is 11.5 Å². The van der Waals surface area contributed by atoms with Crippen LogP contribution in [0.1, 0.15) is 10.4 Å². The first-order valence-electron chi connectivity index (χ1n) is 7.78. The zero-order valence-electron chi connectivity index (χ0n) is 13.1. The maximum atomic E-state index is 12.7. The molecule has 2 aromatic rings. The van der Waals surface area contributed by atoms with E-state index < -0.39 is 0 Å². The highest BCUT2D eigenvalue weighted by Gasteiger charge is 2.26. The van der Waals surface area contributed by atoms with Crippen molar-refractivity contribution in [1.82, 2.24) is 0 Å². The molecule has 0 spiro atoms. The number of para-hydroxylation sites is 1. The molecule has 0 unspecified atom stereocenters. The molecular weight excluding hydrogens is 336 g/mol. The number of rotatable bonds is 4. The number of fused-ring (bicyclic) bond motifs is 1. The number of dihydropyridines is 1. The lowest BCUT2D eigenvalue weighted by Gasteiger charge is -2.14. The van der Waals surface area contributed by atoms with Crippen LogP contribution < -0.4 is 4.74 Å². The third kappa shape index (κ3) is 3.04. The van der Waals surface area contributed by atoms with Gasteiger partial charge in [-0.1, -0.05) is 29.8 Å². The first-order chi connectivity index (χ1) is 12.2. The van der Waals surface area contributed by atoms with Crippen LogP contribution in [-0.4, -0.2) is 23.8 Å². The van der Waals surface area contributed by atoms with E-state index >= 15 is 0 Å². The average Bonchev–Trinajstić information content (AvgIpc) is 3.13. The van der Waals surface area contributed by atoms with Gasteiger partial charge < -0.3 is 4.74 Å². The van der Waals surface area contributed by atoms with E-state index in [2.05, 4.69) is 9.98 Å². The molecule has 2 aliphatic heterocycles. The van der Waals surface area contributed by atoms with Gasteiger partial charge in [-0.15, -0.1) is 0 Å². The highest BCUT2D eigenvalue weighted by molar-refractivity contribution is 6.64. The van der Waals surface area contributed by atoms with Crippen molar-refractivity contribution in [3.05, 3.63) is 83.0 Å². The highest BCUT2D eigenvalue weighted by Crippen LogP contribution is 2.26. The Morgan fingerprint density at radius 1 is 1.00 bits per heavy atom. The molecule has 4 rings (SSSR count). The molecule has 0 atom stereocenters. The van der Waals surface area contributed by atoms with E-state index in [1.54, 1.807) is 36.5 Å². The Morgan fingerprint density at radius 2 is 1.72 bits per heavy atom. The maximum absolute atomic E-state index is 12.7. The summed E-state index contributed by atoms with van der Waals surface area (Å²) in [7, 11) is 0. The average molecular weight is 349 g/mol. The molecule has 122 valence electrons. The third-order valence-corrected chi connectivity index (χ3v) is 4.31. The fraction of sp³-hybridized carbons (Fsp3) is 0.0500. The fourth-order valence-corrected chi connectivity index (χ4v) is 2.97. The van der Waals surface area contributed by atoms with E-state index in [0.29, 0.717) is 22.9 Å². The minimum absolute atomic E-state index is 0.205. The van der Waals surface area contributed by atoms with Crippen molar-refractivity contribution in [2.24, 2.45) is 9.98 Å². The number of ketones is 1. The van der Waals surface area contributed by atoms with Crippen LogP contribution in [0.2, 0.25) is 0 Å². The summed E-state index contributed by atoms with van der Waals surface area (Å²) >= 11 is 6.34. The van der Waals surface area contributed by atoms with Gasteiger partial charge >= 0.3 is 0 Å². The summed E-state index contributed by atoms with van der Waals surface area (Å²) in [6.45, 7) is 0.370. The minimum atomic E-state index is -0.205.